The molecule has 5 nitrogen and oxygen atoms in total. The fraction of sp³-hybridized carbons (Fsp3) is 0.246. The molecule has 1 fully saturated rings. The zero-order valence-corrected chi connectivity index (χ0v) is 35.0. The van der Waals surface area contributed by atoms with E-state index in [-0.39, 0.29) is 24.2 Å². The first-order valence-corrected chi connectivity index (χ1v) is 23.0. The van der Waals surface area contributed by atoms with Crippen LogP contribution in [0.4, 0.5) is 0 Å². The molecule has 2 aliphatic heterocycles. The molecule has 1 aromatic heterocycles. The van der Waals surface area contributed by atoms with Gasteiger partial charge in [0.2, 0.25) is 0 Å². The minimum absolute atomic E-state index is 0.0209. The number of hydrogen-bond donors (Lipinski definition) is 2. The molecule has 3 heterocycles. The summed E-state index contributed by atoms with van der Waals surface area (Å²) >= 11 is 0. The molecular weight excluding hydrogens is 755 g/mol. The van der Waals surface area contributed by atoms with E-state index in [1.54, 1.807) is 0 Å². The first-order valence-electron chi connectivity index (χ1n) is 23.0. The Hall–Kier alpha value is -6.43. The van der Waals surface area contributed by atoms with E-state index in [9.17, 15) is 0 Å². The molecule has 0 amide bonds. The molecule has 0 bridgehead atoms. The van der Waals surface area contributed by atoms with Gasteiger partial charge in [0.1, 0.15) is 18.2 Å². The second kappa shape index (κ2) is 14.6. The summed E-state index contributed by atoms with van der Waals surface area (Å²) in [7, 11) is 0. The number of aryl methyl sites for hydroxylation is 2. The van der Waals surface area contributed by atoms with E-state index < -0.39 is 0 Å². The second-order valence-corrected chi connectivity index (χ2v) is 18.4. The molecule has 0 spiro atoms. The number of rotatable bonds is 5. The molecule has 7 atom stereocenters. The Bertz CT molecular complexity index is 2930. The van der Waals surface area contributed by atoms with Crippen molar-refractivity contribution in [3.05, 3.63) is 213 Å². The van der Waals surface area contributed by atoms with Gasteiger partial charge in [0.05, 0.1) is 11.4 Å². The summed E-state index contributed by atoms with van der Waals surface area (Å²) in [6, 6.07) is 34.2. The van der Waals surface area contributed by atoms with Gasteiger partial charge in [0.15, 0.2) is 0 Å². The molecular formula is C57H51N5. The number of nitrogens with one attached hydrogen (secondary N) is 2. The van der Waals surface area contributed by atoms with Crippen LogP contribution in [0.2, 0.25) is 0 Å². The van der Waals surface area contributed by atoms with Crippen LogP contribution in [0.1, 0.15) is 82.7 Å². The number of allylic oxidation sites excluding steroid dienone is 11. The van der Waals surface area contributed by atoms with Crippen LogP contribution < -0.4 is 10.6 Å². The number of benzene rings is 4. The third-order valence-corrected chi connectivity index (χ3v) is 15.0. The van der Waals surface area contributed by atoms with E-state index in [1.807, 2.05) is 0 Å². The van der Waals surface area contributed by atoms with Gasteiger partial charge >= 0.3 is 0 Å². The topological polar surface area (TPSA) is 44.6 Å². The van der Waals surface area contributed by atoms with Crippen molar-refractivity contribution in [1.29, 1.82) is 0 Å². The molecule has 0 saturated carbocycles. The zero-order chi connectivity index (χ0) is 40.7. The summed E-state index contributed by atoms with van der Waals surface area (Å²) in [5.74, 6) is 2.09. The highest BCUT2D eigenvalue weighted by Gasteiger charge is 2.50. The van der Waals surface area contributed by atoms with Gasteiger partial charge in [-0.05, 0) is 132 Å². The van der Waals surface area contributed by atoms with E-state index in [4.69, 9.17) is 4.99 Å². The lowest BCUT2D eigenvalue weighted by molar-refractivity contribution is 0.273. The Kier molecular flexibility index (Phi) is 8.53. The summed E-state index contributed by atoms with van der Waals surface area (Å²) in [6.07, 6.45) is 38.5. The summed E-state index contributed by atoms with van der Waals surface area (Å²) in [5.41, 5.74) is 17.7. The highest BCUT2D eigenvalue weighted by atomic mass is 15.3. The SMILES string of the molecule is C1=CC2=CC=C(N3C4=Cc5ccc(-n6c7c(c8cc9c(cc86)C=CCC9)CCC=C7)cc5CC4C4C=CCCC43)C(C3=NC(c4ccccc4)NC(c4ccccc4)N3)C2C=C1. The van der Waals surface area contributed by atoms with E-state index in [0.717, 1.165) is 50.8 Å². The number of nitrogens with zero attached hydrogens (tertiary/aromatic N) is 3. The Labute approximate surface area is 364 Å². The Morgan fingerprint density at radius 1 is 0.694 bits per heavy atom. The van der Waals surface area contributed by atoms with Crippen molar-refractivity contribution < 1.29 is 0 Å². The number of amidine groups is 1. The van der Waals surface area contributed by atoms with Crippen LogP contribution in [0.25, 0.3) is 34.8 Å². The van der Waals surface area contributed by atoms with Crippen molar-refractivity contribution in [2.24, 2.45) is 28.7 Å². The molecule has 1 saturated heterocycles. The average Bonchev–Trinajstić information content (AvgIpc) is 3.83. The van der Waals surface area contributed by atoms with Crippen molar-refractivity contribution in [3.63, 3.8) is 0 Å². The first-order chi connectivity index (χ1) is 30.7. The highest BCUT2D eigenvalue weighted by molar-refractivity contribution is 5.93. The molecule has 6 aliphatic carbocycles. The van der Waals surface area contributed by atoms with Crippen LogP contribution in [-0.4, -0.2) is 21.3 Å². The van der Waals surface area contributed by atoms with Gasteiger partial charge in [0, 0.05) is 52.0 Å². The van der Waals surface area contributed by atoms with Crippen molar-refractivity contribution in [2.45, 2.75) is 63.3 Å². The van der Waals surface area contributed by atoms with Crippen molar-refractivity contribution in [1.82, 2.24) is 20.1 Å². The fourth-order valence-corrected chi connectivity index (χ4v) is 12.2. The molecule has 62 heavy (non-hydrogen) atoms. The van der Waals surface area contributed by atoms with Gasteiger partial charge in [-0.2, -0.15) is 0 Å². The molecule has 304 valence electrons. The van der Waals surface area contributed by atoms with Crippen LogP contribution in [0.3, 0.4) is 0 Å². The van der Waals surface area contributed by atoms with Gasteiger partial charge in [-0.1, -0.05) is 127 Å². The van der Waals surface area contributed by atoms with E-state index in [1.165, 1.54) is 78.2 Å². The van der Waals surface area contributed by atoms with Crippen molar-refractivity contribution in [2.75, 3.05) is 0 Å². The third-order valence-electron chi connectivity index (χ3n) is 15.0. The van der Waals surface area contributed by atoms with E-state index >= 15 is 0 Å². The van der Waals surface area contributed by atoms with Gasteiger partial charge in [-0.25, -0.2) is 4.99 Å². The highest BCUT2D eigenvalue weighted by Crippen LogP contribution is 2.53. The third kappa shape index (κ3) is 5.81. The molecule has 8 aliphatic rings. The molecule has 5 heteroatoms. The largest absolute Gasteiger partial charge is 0.354 e. The van der Waals surface area contributed by atoms with Gasteiger partial charge in [0.25, 0.3) is 0 Å². The first kappa shape index (κ1) is 36.2. The monoisotopic (exact) mass is 805 g/mol. The molecule has 0 radical (unpaired) electrons. The summed E-state index contributed by atoms with van der Waals surface area (Å²) in [4.78, 5) is 8.42. The Morgan fingerprint density at radius 2 is 1.55 bits per heavy atom. The number of aliphatic imine (C=N–C) groups is 1. The van der Waals surface area contributed by atoms with Crippen LogP contribution in [0.15, 0.2) is 174 Å². The van der Waals surface area contributed by atoms with Crippen LogP contribution in [0, 0.1) is 23.7 Å². The van der Waals surface area contributed by atoms with Gasteiger partial charge in [-0.15, -0.1) is 0 Å². The maximum absolute atomic E-state index is 5.62. The van der Waals surface area contributed by atoms with E-state index in [0.29, 0.717) is 17.9 Å². The quantitative estimate of drug-likeness (QED) is 0.174. The number of likely N-dealkylation sites (tertiary alicyclic amines) is 1. The Morgan fingerprint density at radius 3 is 2.45 bits per heavy atom. The number of hydrogen-bond acceptors (Lipinski definition) is 4. The Balaban J connectivity index is 0.929. The average molecular weight is 806 g/mol. The molecule has 7 unspecified atom stereocenters. The minimum atomic E-state index is -0.177. The molecule has 2 N–H and O–H groups in total. The lowest BCUT2D eigenvalue weighted by Gasteiger charge is -2.44. The van der Waals surface area contributed by atoms with Crippen molar-refractivity contribution >= 4 is 35.0 Å². The second-order valence-electron chi connectivity index (χ2n) is 18.4. The lowest BCUT2D eigenvalue weighted by Crippen LogP contribution is -2.51. The number of aromatic nitrogens is 1. The summed E-state index contributed by atoms with van der Waals surface area (Å²) in [5, 5.41) is 9.30. The zero-order valence-electron chi connectivity index (χ0n) is 35.0. The maximum atomic E-state index is 5.62. The predicted octanol–water partition coefficient (Wildman–Crippen LogP) is 11.9. The summed E-state index contributed by atoms with van der Waals surface area (Å²) < 4.78 is 2.57. The lowest BCUT2D eigenvalue weighted by atomic mass is 9.76. The molecule has 4 aromatic carbocycles. The molecule has 5 aromatic rings. The van der Waals surface area contributed by atoms with Crippen LogP contribution in [-0.2, 0) is 19.3 Å². The van der Waals surface area contributed by atoms with Gasteiger partial charge < -0.3 is 14.8 Å². The minimum Gasteiger partial charge on any atom is -0.354 e. The van der Waals surface area contributed by atoms with Crippen LogP contribution in [0.5, 0.6) is 0 Å². The maximum Gasteiger partial charge on any atom is 0.129 e. The van der Waals surface area contributed by atoms with E-state index in [2.05, 4.69) is 190 Å². The number of fused-ring (bicyclic) bond motifs is 9. The smallest absolute Gasteiger partial charge is 0.129 e. The summed E-state index contributed by atoms with van der Waals surface area (Å²) in [6.45, 7) is 0. The van der Waals surface area contributed by atoms with Gasteiger partial charge in [-0.3, -0.25) is 5.32 Å². The van der Waals surface area contributed by atoms with Crippen molar-refractivity contribution in [3.8, 4) is 5.69 Å². The van der Waals surface area contributed by atoms with Crippen LogP contribution >= 0.6 is 0 Å². The standard InChI is InChI=1S/C57H51N5/c1-3-16-37(17-4-1)55-58-56(38-18-5-2-6-19-38)60-57(59-55)54-44-22-10-9-15-36(44)28-30-51(54)62-50-26-14-12-24-46(50)48-33-42-31-43(29-27-41(42)35-53(48)62)61-49-25-13-11-23-45(49)47-32-39-20-7-8-21-40(39)34-52(47)61/h1-6,8-10,12-13,15-19,21-22,24-25,27-32,34-35,44,46,48,50,54-56,58H,7,11,14,20,23,26,33H2,(H,59,60). The normalized spacial score (nSPS) is 27.5. The molecule has 13 rings (SSSR count). The fourth-order valence-electron chi connectivity index (χ4n) is 12.2. The predicted molar refractivity (Wildman–Crippen MR) is 254 cm³/mol.